The van der Waals surface area contributed by atoms with Crippen molar-refractivity contribution in [1.82, 2.24) is 24.8 Å². The molecule has 1 aliphatic rings. The van der Waals surface area contributed by atoms with Crippen molar-refractivity contribution in [2.75, 3.05) is 31.1 Å². The largest absolute Gasteiger partial charge is 0.352 e. The lowest BCUT2D eigenvalue weighted by Gasteiger charge is -2.35. The third-order valence-corrected chi connectivity index (χ3v) is 4.35. The SMILES string of the molecule is Cc1nc2ncnc(N3CCN(Cc4cccc(F)c4)CC3)c2[nH]1. The molecule has 0 saturated carbocycles. The molecule has 7 heteroatoms. The number of nitrogens with zero attached hydrogens (tertiary/aromatic N) is 5. The van der Waals surface area contributed by atoms with E-state index in [2.05, 4.69) is 29.7 Å². The molecule has 1 saturated heterocycles. The molecule has 0 bridgehead atoms. The van der Waals surface area contributed by atoms with E-state index in [4.69, 9.17) is 0 Å². The van der Waals surface area contributed by atoms with Gasteiger partial charge in [0, 0.05) is 32.7 Å². The van der Waals surface area contributed by atoms with Gasteiger partial charge >= 0.3 is 0 Å². The maximum absolute atomic E-state index is 13.3. The molecule has 0 spiro atoms. The number of halogens is 1. The molecule has 1 N–H and O–H groups in total. The van der Waals surface area contributed by atoms with Gasteiger partial charge in [-0.05, 0) is 24.6 Å². The zero-order valence-corrected chi connectivity index (χ0v) is 13.5. The van der Waals surface area contributed by atoms with Gasteiger partial charge in [-0.15, -0.1) is 0 Å². The third-order valence-electron chi connectivity index (χ3n) is 4.35. The van der Waals surface area contributed by atoms with E-state index in [-0.39, 0.29) is 5.82 Å². The molecule has 3 aromatic rings. The molecule has 1 aromatic carbocycles. The minimum absolute atomic E-state index is 0.177. The molecule has 124 valence electrons. The van der Waals surface area contributed by atoms with Gasteiger partial charge < -0.3 is 9.88 Å². The first-order valence-corrected chi connectivity index (χ1v) is 8.08. The second kappa shape index (κ2) is 6.16. The van der Waals surface area contributed by atoms with Crippen molar-refractivity contribution >= 4 is 17.0 Å². The summed E-state index contributed by atoms with van der Waals surface area (Å²) in [7, 11) is 0. The number of fused-ring (bicyclic) bond motifs is 1. The monoisotopic (exact) mass is 326 g/mol. The van der Waals surface area contributed by atoms with E-state index in [9.17, 15) is 4.39 Å². The smallest absolute Gasteiger partial charge is 0.183 e. The van der Waals surface area contributed by atoms with Crippen LogP contribution in [-0.2, 0) is 6.54 Å². The Morgan fingerprint density at radius 1 is 1.17 bits per heavy atom. The molecule has 6 nitrogen and oxygen atoms in total. The molecular weight excluding hydrogens is 307 g/mol. The molecule has 0 radical (unpaired) electrons. The number of aryl methyl sites for hydroxylation is 1. The lowest BCUT2D eigenvalue weighted by Crippen LogP contribution is -2.46. The van der Waals surface area contributed by atoms with Crippen molar-refractivity contribution in [3.05, 3.63) is 47.8 Å². The average Bonchev–Trinajstić information content (AvgIpc) is 2.96. The molecule has 0 unspecified atom stereocenters. The van der Waals surface area contributed by atoms with Crippen LogP contribution in [-0.4, -0.2) is 51.0 Å². The maximum Gasteiger partial charge on any atom is 0.183 e. The second-order valence-electron chi connectivity index (χ2n) is 6.11. The number of hydrogen-bond acceptors (Lipinski definition) is 5. The van der Waals surface area contributed by atoms with Crippen LogP contribution in [0, 0.1) is 12.7 Å². The van der Waals surface area contributed by atoms with Crippen LogP contribution in [0.4, 0.5) is 10.2 Å². The van der Waals surface area contributed by atoms with E-state index in [0.717, 1.165) is 55.4 Å². The number of hydrogen-bond donors (Lipinski definition) is 1. The van der Waals surface area contributed by atoms with E-state index in [1.54, 1.807) is 18.5 Å². The number of H-pyrrole nitrogens is 1. The molecule has 4 rings (SSSR count). The number of rotatable bonds is 3. The van der Waals surface area contributed by atoms with E-state index in [0.29, 0.717) is 5.65 Å². The Labute approximate surface area is 139 Å². The van der Waals surface area contributed by atoms with Gasteiger partial charge in [0.15, 0.2) is 11.5 Å². The zero-order chi connectivity index (χ0) is 16.5. The molecule has 0 atom stereocenters. The summed E-state index contributed by atoms with van der Waals surface area (Å²) in [4.78, 5) is 20.9. The Morgan fingerprint density at radius 3 is 2.79 bits per heavy atom. The fraction of sp³-hybridized carbons (Fsp3) is 0.353. The van der Waals surface area contributed by atoms with Gasteiger partial charge in [0.05, 0.1) is 0 Å². The molecule has 24 heavy (non-hydrogen) atoms. The second-order valence-corrected chi connectivity index (χ2v) is 6.11. The van der Waals surface area contributed by atoms with Gasteiger partial charge in [0.25, 0.3) is 0 Å². The van der Waals surface area contributed by atoms with Gasteiger partial charge in [-0.25, -0.2) is 19.3 Å². The summed E-state index contributed by atoms with van der Waals surface area (Å²) >= 11 is 0. The van der Waals surface area contributed by atoms with Crippen molar-refractivity contribution in [2.24, 2.45) is 0 Å². The predicted molar refractivity (Wildman–Crippen MR) is 90.3 cm³/mol. The molecular formula is C17H19FN6. The number of aromatic amines is 1. The van der Waals surface area contributed by atoms with Crippen LogP contribution in [0.1, 0.15) is 11.4 Å². The highest BCUT2D eigenvalue weighted by Gasteiger charge is 2.21. The zero-order valence-electron chi connectivity index (χ0n) is 13.5. The van der Waals surface area contributed by atoms with Crippen LogP contribution in [0.3, 0.4) is 0 Å². The number of anilines is 1. The number of benzene rings is 1. The van der Waals surface area contributed by atoms with Crippen LogP contribution < -0.4 is 4.90 Å². The van der Waals surface area contributed by atoms with E-state index >= 15 is 0 Å². The predicted octanol–water partition coefficient (Wildman–Crippen LogP) is 2.12. The normalized spacial score (nSPS) is 16.0. The Balaban J connectivity index is 1.45. The summed E-state index contributed by atoms with van der Waals surface area (Å²) in [6.07, 6.45) is 1.57. The first-order valence-electron chi connectivity index (χ1n) is 8.08. The highest BCUT2D eigenvalue weighted by atomic mass is 19.1. The summed E-state index contributed by atoms with van der Waals surface area (Å²) < 4.78 is 13.3. The number of nitrogens with one attached hydrogen (secondary N) is 1. The lowest BCUT2D eigenvalue weighted by atomic mass is 10.2. The minimum Gasteiger partial charge on any atom is -0.352 e. The summed E-state index contributed by atoms with van der Waals surface area (Å²) in [5.41, 5.74) is 2.62. The Kier molecular flexibility index (Phi) is 3.86. The minimum atomic E-state index is -0.177. The highest BCUT2D eigenvalue weighted by molar-refractivity contribution is 5.83. The topological polar surface area (TPSA) is 60.9 Å². The molecule has 0 amide bonds. The quantitative estimate of drug-likeness (QED) is 0.799. The van der Waals surface area contributed by atoms with Crippen LogP contribution in [0.5, 0.6) is 0 Å². The summed E-state index contributed by atoms with van der Waals surface area (Å²) in [6.45, 7) is 6.26. The number of imidazole rings is 1. The summed E-state index contributed by atoms with van der Waals surface area (Å²) in [5, 5.41) is 0. The standard InChI is InChI=1S/C17H19FN6/c1-12-21-15-16(22-12)19-11-20-17(15)24-7-5-23(6-8-24)10-13-3-2-4-14(18)9-13/h2-4,9,11H,5-8,10H2,1H3,(H,19,20,21,22). The molecule has 0 aliphatic carbocycles. The Bertz CT molecular complexity index is 853. The van der Waals surface area contributed by atoms with Crippen molar-refractivity contribution in [3.8, 4) is 0 Å². The van der Waals surface area contributed by atoms with Crippen LogP contribution in [0.25, 0.3) is 11.2 Å². The van der Waals surface area contributed by atoms with Gasteiger partial charge in [0.2, 0.25) is 0 Å². The van der Waals surface area contributed by atoms with Crippen molar-refractivity contribution in [1.29, 1.82) is 0 Å². The first-order chi connectivity index (χ1) is 11.7. The Morgan fingerprint density at radius 2 is 2.00 bits per heavy atom. The summed E-state index contributed by atoms with van der Waals surface area (Å²) in [6, 6.07) is 6.82. The molecule has 3 heterocycles. The van der Waals surface area contributed by atoms with Crippen LogP contribution in [0.2, 0.25) is 0 Å². The van der Waals surface area contributed by atoms with Crippen molar-refractivity contribution in [3.63, 3.8) is 0 Å². The van der Waals surface area contributed by atoms with Crippen LogP contribution in [0.15, 0.2) is 30.6 Å². The van der Waals surface area contributed by atoms with E-state index in [1.165, 1.54) is 6.07 Å². The highest BCUT2D eigenvalue weighted by Crippen LogP contribution is 2.22. The third kappa shape index (κ3) is 2.94. The van der Waals surface area contributed by atoms with Gasteiger partial charge in [-0.1, -0.05) is 12.1 Å². The number of piperazine rings is 1. The molecule has 2 aromatic heterocycles. The first kappa shape index (κ1) is 15.0. The van der Waals surface area contributed by atoms with Crippen molar-refractivity contribution < 1.29 is 4.39 Å². The average molecular weight is 326 g/mol. The Hall–Kier alpha value is -2.54. The van der Waals surface area contributed by atoms with Crippen LogP contribution >= 0.6 is 0 Å². The van der Waals surface area contributed by atoms with Crippen molar-refractivity contribution in [2.45, 2.75) is 13.5 Å². The fourth-order valence-electron chi connectivity index (χ4n) is 3.18. The maximum atomic E-state index is 13.3. The van der Waals surface area contributed by atoms with Gasteiger partial charge in [0.1, 0.15) is 23.5 Å². The number of aromatic nitrogens is 4. The lowest BCUT2D eigenvalue weighted by molar-refractivity contribution is 0.249. The van der Waals surface area contributed by atoms with E-state index < -0.39 is 0 Å². The molecule has 1 fully saturated rings. The van der Waals surface area contributed by atoms with Gasteiger partial charge in [-0.2, -0.15) is 0 Å². The van der Waals surface area contributed by atoms with Gasteiger partial charge in [-0.3, -0.25) is 4.90 Å². The molecule has 1 aliphatic heterocycles. The summed E-state index contributed by atoms with van der Waals surface area (Å²) in [5.74, 6) is 1.58. The van der Waals surface area contributed by atoms with E-state index in [1.807, 2.05) is 13.0 Å². The fourth-order valence-corrected chi connectivity index (χ4v) is 3.18.